The Morgan fingerprint density at radius 1 is 1.29 bits per heavy atom. The summed E-state index contributed by atoms with van der Waals surface area (Å²) >= 11 is 1.46. The van der Waals surface area contributed by atoms with Crippen molar-refractivity contribution < 1.29 is 13.7 Å². The van der Waals surface area contributed by atoms with Crippen LogP contribution in [0.15, 0.2) is 40.1 Å². The second-order valence-corrected chi connectivity index (χ2v) is 8.84. The van der Waals surface area contributed by atoms with E-state index in [0.29, 0.717) is 39.9 Å². The molecule has 3 aromatic rings. The molecule has 2 N–H and O–H groups in total. The van der Waals surface area contributed by atoms with Gasteiger partial charge in [0, 0.05) is 17.7 Å². The van der Waals surface area contributed by atoms with Crippen molar-refractivity contribution in [3.8, 4) is 11.3 Å². The lowest BCUT2D eigenvalue weighted by atomic mass is 9.87. The molecule has 31 heavy (non-hydrogen) atoms. The number of aromatic nitrogens is 3. The number of rotatable bonds is 5. The summed E-state index contributed by atoms with van der Waals surface area (Å²) in [6, 6.07) is 4.69. The van der Waals surface area contributed by atoms with Crippen LogP contribution in [0.5, 0.6) is 0 Å². The van der Waals surface area contributed by atoms with Crippen LogP contribution in [0.3, 0.4) is 0 Å². The number of hydrogen-bond donors (Lipinski definition) is 1. The molecule has 1 atom stereocenters. The largest absolute Gasteiger partial charge is 0.379 e. The van der Waals surface area contributed by atoms with E-state index in [2.05, 4.69) is 20.1 Å². The smallest absolute Gasteiger partial charge is 0.187 e. The minimum Gasteiger partial charge on any atom is -0.379 e. The van der Waals surface area contributed by atoms with Crippen LogP contribution < -0.4 is 5.73 Å². The molecule has 0 unspecified atom stereocenters. The maximum Gasteiger partial charge on any atom is 0.187 e. The molecule has 1 aliphatic rings. The van der Waals surface area contributed by atoms with Gasteiger partial charge in [0.1, 0.15) is 17.3 Å². The fourth-order valence-corrected chi connectivity index (χ4v) is 4.68. The van der Waals surface area contributed by atoms with Gasteiger partial charge in [-0.2, -0.15) is 0 Å². The zero-order valence-electron chi connectivity index (χ0n) is 17.5. The number of Topliss-reactive ketones (excluding diaryl/α,β-unsaturated/α-hetero) is 1. The number of benzene rings is 1. The van der Waals surface area contributed by atoms with Crippen molar-refractivity contribution in [1.29, 1.82) is 0 Å². The predicted octanol–water partition coefficient (Wildman–Crippen LogP) is 3.98. The number of amidine groups is 1. The first-order valence-corrected chi connectivity index (χ1v) is 10.8. The van der Waals surface area contributed by atoms with Crippen LogP contribution in [0.1, 0.15) is 46.4 Å². The highest BCUT2D eigenvalue weighted by molar-refractivity contribution is 8.13. The van der Waals surface area contributed by atoms with E-state index < -0.39 is 5.54 Å². The van der Waals surface area contributed by atoms with E-state index in [9.17, 15) is 9.18 Å². The number of aryl methyl sites for hydroxylation is 2. The molecule has 0 spiro atoms. The second kappa shape index (κ2) is 8.22. The lowest BCUT2D eigenvalue weighted by molar-refractivity contribution is 0.0987. The Kier molecular flexibility index (Phi) is 5.62. The van der Waals surface area contributed by atoms with E-state index in [0.717, 1.165) is 11.3 Å². The van der Waals surface area contributed by atoms with E-state index in [1.54, 1.807) is 19.1 Å². The monoisotopic (exact) mass is 439 g/mol. The third kappa shape index (κ3) is 4.23. The molecule has 0 saturated heterocycles. The lowest BCUT2D eigenvalue weighted by Gasteiger charge is -2.30. The Bertz CT molecular complexity index is 1160. The van der Waals surface area contributed by atoms with Gasteiger partial charge < -0.3 is 10.3 Å². The van der Waals surface area contributed by atoms with Crippen LogP contribution >= 0.6 is 11.8 Å². The van der Waals surface area contributed by atoms with Gasteiger partial charge in [-0.25, -0.2) is 9.37 Å². The first-order chi connectivity index (χ1) is 14.8. The Morgan fingerprint density at radius 3 is 2.74 bits per heavy atom. The van der Waals surface area contributed by atoms with Crippen molar-refractivity contribution in [2.24, 2.45) is 10.7 Å². The third-order valence-electron chi connectivity index (χ3n) is 5.40. The maximum atomic E-state index is 14.6. The van der Waals surface area contributed by atoms with E-state index in [1.807, 2.05) is 13.8 Å². The van der Waals surface area contributed by atoms with Crippen LogP contribution in [-0.4, -0.2) is 31.8 Å². The topological polar surface area (TPSA) is 107 Å². The van der Waals surface area contributed by atoms with Crippen LogP contribution in [0.25, 0.3) is 11.3 Å². The van der Waals surface area contributed by atoms with Gasteiger partial charge in [-0.3, -0.25) is 14.8 Å². The van der Waals surface area contributed by atoms with Crippen molar-refractivity contribution in [3.05, 3.63) is 64.7 Å². The van der Waals surface area contributed by atoms with E-state index >= 15 is 0 Å². The van der Waals surface area contributed by atoms with E-state index in [4.69, 9.17) is 10.3 Å². The normalized spacial score (nSPS) is 18.6. The van der Waals surface area contributed by atoms with Gasteiger partial charge in [0.2, 0.25) is 0 Å². The molecule has 2 aromatic heterocycles. The molecule has 0 fully saturated rings. The predicted molar refractivity (Wildman–Crippen MR) is 117 cm³/mol. The molecule has 0 bridgehead atoms. The van der Waals surface area contributed by atoms with Gasteiger partial charge in [-0.05, 0) is 44.9 Å². The second-order valence-electron chi connectivity index (χ2n) is 7.72. The van der Waals surface area contributed by atoms with Gasteiger partial charge in [0.25, 0.3) is 0 Å². The number of thioether (sulfide) groups is 1. The summed E-state index contributed by atoms with van der Waals surface area (Å²) < 4.78 is 19.8. The molecule has 0 saturated carbocycles. The number of aliphatic imine (C=N–C) groups is 1. The third-order valence-corrected chi connectivity index (χ3v) is 6.19. The molecule has 7 nitrogen and oxygen atoms in total. The number of nitrogens with zero attached hydrogens (tertiary/aromatic N) is 4. The number of carbonyl (C=O) groups is 1. The Hall–Kier alpha value is -3.07. The average molecular weight is 440 g/mol. The minimum absolute atomic E-state index is 0.0800. The number of carbonyl (C=O) groups excluding carboxylic acids is 1. The van der Waals surface area contributed by atoms with Crippen molar-refractivity contribution >= 4 is 22.7 Å². The molecule has 1 aromatic carbocycles. The fourth-order valence-electron chi connectivity index (χ4n) is 3.70. The molecule has 160 valence electrons. The minimum atomic E-state index is -0.742. The van der Waals surface area contributed by atoms with Crippen LogP contribution in [0.4, 0.5) is 4.39 Å². The highest BCUT2D eigenvalue weighted by Gasteiger charge is 2.32. The van der Waals surface area contributed by atoms with E-state index in [1.165, 1.54) is 30.2 Å². The van der Waals surface area contributed by atoms with Gasteiger partial charge in [0.05, 0.1) is 34.9 Å². The van der Waals surface area contributed by atoms with E-state index in [-0.39, 0.29) is 23.7 Å². The maximum absolute atomic E-state index is 14.6. The number of halogens is 1. The highest BCUT2D eigenvalue weighted by atomic mass is 32.2. The standard InChI is InChI=1S/C22H22FN5O2S/c1-12-20(13(2)30-28-12)18-11-25-17(10-26-18)19(29)9-14-4-5-16(23)15(8-14)22(3)6-7-31-21(24)27-22/h4-5,8,10-11H,6-7,9H2,1-3H3,(H2,24,27)/t22-/m0/s1. The summed E-state index contributed by atoms with van der Waals surface area (Å²) in [6.07, 6.45) is 3.73. The van der Waals surface area contributed by atoms with Crippen LogP contribution in [0.2, 0.25) is 0 Å². The molecular formula is C22H22FN5O2S. The van der Waals surface area contributed by atoms with Crippen LogP contribution in [-0.2, 0) is 12.0 Å². The first-order valence-electron chi connectivity index (χ1n) is 9.82. The first kappa shape index (κ1) is 21.2. The Labute approximate surface area is 183 Å². The molecular weight excluding hydrogens is 417 g/mol. The van der Waals surface area contributed by atoms with Gasteiger partial charge in [-0.1, -0.05) is 23.0 Å². The van der Waals surface area contributed by atoms with Gasteiger partial charge in [0.15, 0.2) is 11.0 Å². The van der Waals surface area contributed by atoms with Crippen molar-refractivity contribution in [2.45, 2.75) is 39.2 Å². The summed E-state index contributed by atoms with van der Waals surface area (Å²) in [5.74, 6) is 0.845. The van der Waals surface area contributed by atoms with Crippen LogP contribution in [0, 0.1) is 19.7 Å². The molecule has 3 heterocycles. The van der Waals surface area contributed by atoms with Crippen molar-refractivity contribution in [2.75, 3.05) is 5.75 Å². The Balaban J connectivity index is 1.56. The highest BCUT2D eigenvalue weighted by Crippen LogP contribution is 2.36. The summed E-state index contributed by atoms with van der Waals surface area (Å²) in [7, 11) is 0. The molecule has 0 amide bonds. The van der Waals surface area contributed by atoms with Crippen molar-refractivity contribution in [1.82, 2.24) is 15.1 Å². The molecule has 9 heteroatoms. The number of nitrogens with two attached hydrogens (primary N) is 1. The number of ketones is 1. The lowest BCUT2D eigenvalue weighted by Crippen LogP contribution is -2.29. The molecule has 0 radical (unpaired) electrons. The van der Waals surface area contributed by atoms with Gasteiger partial charge >= 0.3 is 0 Å². The quantitative estimate of drug-likeness (QED) is 0.599. The summed E-state index contributed by atoms with van der Waals surface area (Å²) in [6.45, 7) is 5.48. The molecule has 1 aliphatic heterocycles. The average Bonchev–Trinajstić information content (AvgIpc) is 3.07. The zero-order valence-corrected chi connectivity index (χ0v) is 18.3. The fraction of sp³-hybridized carbons (Fsp3) is 0.318. The molecule has 4 rings (SSSR count). The SMILES string of the molecule is Cc1noc(C)c1-c1cnc(C(=O)Cc2ccc(F)c([C@]3(C)CCSC(N)=N3)c2)cn1. The van der Waals surface area contributed by atoms with Gasteiger partial charge in [-0.15, -0.1) is 0 Å². The van der Waals surface area contributed by atoms with Crippen molar-refractivity contribution in [3.63, 3.8) is 0 Å². The summed E-state index contributed by atoms with van der Waals surface area (Å²) in [5, 5.41) is 4.36. The Morgan fingerprint density at radius 2 is 2.10 bits per heavy atom. The number of hydrogen-bond acceptors (Lipinski definition) is 8. The summed E-state index contributed by atoms with van der Waals surface area (Å²) in [5.41, 5.74) is 8.57. The summed E-state index contributed by atoms with van der Waals surface area (Å²) in [4.78, 5) is 25.9. The molecule has 0 aliphatic carbocycles. The zero-order chi connectivity index (χ0) is 22.2.